The van der Waals surface area contributed by atoms with Gasteiger partial charge in [0.05, 0.1) is 28.9 Å². The normalized spacial score (nSPS) is 12.0. The van der Waals surface area contributed by atoms with Gasteiger partial charge in [-0.15, -0.1) is 0 Å². The number of nitrogens with one attached hydrogen (secondary N) is 2. The minimum Gasteiger partial charge on any atom is -0.478 e. The van der Waals surface area contributed by atoms with Crippen LogP contribution in [0.4, 0.5) is 5.69 Å². The number of aliphatic hydroxyl groups excluding tert-OH is 1. The van der Waals surface area contributed by atoms with Gasteiger partial charge in [-0.25, -0.2) is 4.79 Å². The third kappa shape index (κ3) is 6.12. The number of anilines is 1. The Bertz CT molecular complexity index is 508. The van der Waals surface area contributed by atoms with E-state index in [-0.39, 0.29) is 28.7 Å². The van der Waals surface area contributed by atoms with Crippen molar-refractivity contribution >= 4 is 29.2 Å². The van der Waals surface area contributed by atoms with E-state index in [0.29, 0.717) is 13.0 Å². The lowest BCUT2D eigenvalue weighted by Gasteiger charge is -2.11. The fourth-order valence-corrected chi connectivity index (χ4v) is 1.90. The fourth-order valence-electron chi connectivity index (χ4n) is 1.74. The molecule has 1 aromatic rings. The summed E-state index contributed by atoms with van der Waals surface area (Å²) in [5, 5.41) is 24.0. The van der Waals surface area contributed by atoms with Crippen LogP contribution in [0, 0.1) is 0 Å². The summed E-state index contributed by atoms with van der Waals surface area (Å²) in [7, 11) is 0. The molecular formula is C14H19ClN2O4. The van der Waals surface area contributed by atoms with Gasteiger partial charge >= 0.3 is 5.97 Å². The Hall–Kier alpha value is -1.63. The highest BCUT2D eigenvalue weighted by atomic mass is 35.5. The minimum absolute atomic E-state index is 0.00834. The number of amides is 1. The average molecular weight is 315 g/mol. The van der Waals surface area contributed by atoms with Crippen molar-refractivity contribution in [1.82, 2.24) is 5.32 Å². The molecule has 0 saturated heterocycles. The van der Waals surface area contributed by atoms with Gasteiger partial charge in [-0.05, 0) is 24.6 Å². The number of rotatable bonds is 8. The Kier molecular flexibility index (Phi) is 7.14. The SMILES string of the molecule is CCCC(O)CNCC(=O)Nc1cc(C(=O)O)ccc1Cl. The monoisotopic (exact) mass is 314 g/mol. The van der Waals surface area contributed by atoms with Crippen LogP contribution in [0.15, 0.2) is 18.2 Å². The predicted molar refractivity (Wildman–Crippen MR) is 80.8 cm³/mol. The molecular weight excluding hydrogens is 296 g/mol. The van der Waals surface area contributed by atoms with Crippen LogP contribution in [0.2, 0.25) is 5.02 Å². The molecule has 1 atom stereocenters. The second kappa shape index (κ2) is 8.61. The van der Waals surface area contributed by atoms with Crippen molar-refractivity contribution in [2.24, 2.45) is 0 Å². The van der Waals surface area contributed by atoms with Crippen LogP contribution in [0.25, 0.3) is 0 Å². The summed E-state index contributed by atoms with van der Waals surface area (Å²) in [6, 6.07) is 4.08. The number of hydrogen-bond acceptors (Lipinski definition) is 4. The molecule has 1 amide bonds. The van der Waals surface area contributed by atoms with Gasteiger partial charge in [0.2, 0.25) is 5.91 Å². The number of benzene rings is 1. The van der Waals surface area contributed by atoms with E-state index >= 15 is 0 Å². The van der Waals surface area contributed by atoms with Crippen molar-refractivity contribution in [3.63, 3.8) is 0 Å². The Balaban J connectivity index is 2.51. The van der Waals surface area contributed by atoms with Crippen LogP contribution in [0.1, 0.15) is 30.1 Å². The van der Waals surface area contributed by atoms with E-state index < -0.39 is 12.1 Å². The smallest absolute Gasteiger partial charge is 0.335 e. The topological polar surface area (TPSA) is 98.7 Å². The summed E-state index contributed by atoms with van der Waals surface area (Å²) in [4.78, 5) is 22.6. The van der Waals surface area contributed by atoms with Crippen molar-refractivity contribution in [3.05, 3.63) is 28.8 Å². The number of halogens is 1. The molecule has 1 unspecified atom stereocenters. The average Bonchev–Trinajstić information content (AvgIpc) is 2.41. The molecule has 0 saturated carbocycles. The van der Waals surface area contributed by atoms with Gasteiger partial charge < -0.3 is 20.8 Å². The summed E-state index contributed by atoms with van der Waals surface area (Å²) in [5.74, 6) is -1.45. The Morgan fingerprint density at radius 2 is 2.10 bits per heavy atom. The number of aliphatic hydroxyl groups is 1. The van der Waals surface area contributed by atoms with E-state index in [4.69, 9.17) is 16.7 Å². The molecule has 0 fully saturated rings. The molecule has 1 rings (SSSR count). The Morgan fingerprint density at radius 1 is 1.38 bits per heavy atom. The molecule has 0 radical (unpaired) electrons. The summed E-state index contributed by atoms with van der Waals surface area (Å²) < 4.78 is 0. The quantitative estimate of drug-likeness (QED) is 0.585. The minimum atomic E-state index is -1.09. The van der Waals surface area contributed by atoms with E-state index in [0.717, 1.165) is 6.42 Å². The van der Waals surface area contributed by atoms with Crippen LogP contribution < -0.4 is 10.6 Å². The zero-order valence-corrected chi connectivity index (χ0v) is 12.5. The molecule has 0 aliphatic heterocycles. The van der Waals surface area contributed by atoms with Crippen LogP contribution in [0.5, 0.6) is 0 Å². The van der Waals surface area contributed by atoms with Gasteiger partial charge in [-0.1, -0.05) is 24.9 Å². The first-order valence-electron chi connectivity index (χ1n) is 6.65. The van der Waals surface area contributed by atoms with Gasteiger partial charge in [0.1, 0.15) is 0 Å². The fraction of sp³-hybridized carbons (Fsp3) is 0.429. The number of carboxylic acids is 1. The number of hydrogen-bond donors (Lipinski definition) is 4. The maximum Gasteiger partial charge on any atom is 0.335 e. The summed E-state index contributed by atoms with van der Waals surface area (Å²) in [6.45, 7) is 2.30. The van der Waals surface area contributed by atoms with E-state index in [1.165, 1.54) is 18.2 Å². The highest BCUT2D eigenvalue weighted by Crippen LogP contribution is 2.22. The maximum absolute atomic E-state index is 11.7. The molecule has 0 bridgehead atoms. The summed E-state index contributed by atoms with van der Waals surface area (Å²) in [5.41, 5.74) is 0.290. The van der Waals surface area contributed by atoms with Crippen LogP contribution in [0.3, 0.4) is 0 Å². The van der Waals surface area contributed by atoms with E-state index in [1.54, 1.807) is 0 Å². The van der Waals surface area contributed by atoms with E-state index in [2.05, 4.69) is 10.6 Å². The lowest BCUT2D eigenvalue weighted by Crippen LogP contribution is -2.33. The molecule has 1 aromatic carbocycles. The molecule has 0 aliphatic rings. The first kappa shape index (κ1) is 17.4. The highest BCUT2D eigenvalue weighted by molar-refractivity contribution is 6.33. The molecule has 21 heavy (non-hydrogen) atoms. The molecule has 7 heteroatoms. The molecule has 116 valence electrons. The summed E-state index contributed by atoms with van der Waals surface area (Å²) >= 11 is 5.90. The molecule has 0 aromatic heterocycles. The maximum atomic E-state index is 11.7. The largest absolute Gasteiger partial charge is 0.478 e. The van der Waals surface area contributed by atoms with Gasteiger partial charge in [-0.2, -0.15) is 0 Å². The second-order valence-electron chi connectivity index (χ2n) is 4.62. The van der Waals surface area contributed by atoms with Crippen molar-refractivity contribution in [3.8, 4) is 0 Å². The molecule has 6 nitrogen and oxygen atoms in total. The lowest BCUT2D eigenvalue weighted by molar-refractivity contribution is -0.115. The Labute approximate surface area is 128 Å². The van der Waals surface area contributed by atoms with Gasteiger partial charge in [-0.3, -0.25) is 4.79 Å². The number of aromatic carboxylic acids is 1. The first-order chi connectivity index (χ1) is 9.93. The Morgan fingerprint density at radius 3 is 2.71 bits per heavy atom. The molecule has 0 heterocycles. The molecule has 0 spiro atoms. The lowest BCUT2D eigenvalue weighted by atomic mass is 10.2. The first-order valence-corrected chi connectivity index (χ1v) is 7.03. The van der Waals surface area contributed by atoms with Crippen molar-refractivity contribution < 1.29 is 19.8 Å². The van der Waals surface area contributed by atoms with Crippen LogP contribution in [-0.2, 0) is 4.79 Å². The van der Waals surface area contributed by atoms with Crippen molar-refractivity contribution in [2.45, 2.75) is 25.9 Å². The predicted octanol–water partition coefficient (Wildman–Crippen LogP) is 1.73. The third-order valence-electron chi connectivity index (χ3n) is 2.77. The number of carboxylic acid groups (broad SMARTS) is 1. The summed E-state index contributed by atoms with van der Waals surface area (Å²) in [6.07, 6.45) is 1.05. The number of carbonyl (C=O) groups is 2. The number of carbonyl (C=O) groups excluding carboxylic acids is 1. The van der Waals surface area contributed by atoms with Gasteiger partial charge in [0.25, 0.3) is 0 Å². The highest BCUT2D eigenvalue weighted by Gasteiger charge is 2.10. The molecule has 4 N–H and O–H groups in total. The van der Waals surface area contributed by atoms with Crippen LogP contribution >= 0.6 is 11.6 Å². The van der Waals surface area contributed by atoms with Crippen LogP contribution in [-0.4, -0.2) is 41.3 Å². The van der Waals surface area contributed by atoms with E-state index in [1.807, 2.05) is 6.92 Å². The van der Waals surface area contributed by atoms with Gasteiger partial charge in [0, 0.05) is 6.54 Å². The third-order valence-corrected chi connectivity index (χ3v) is 3.10. The van der Waals surface area contributed by atoms with Crippen molar-refractivity contribution in [2.75, 3.05) is 18.4 Å². The van der Waals surface area contributed by atoms with Crippen molar-refractivity contribution in [1.29, 1.82) is 0 Å². The second-order valence-corrected chi connectivity index (χ2v) is 5.03. The zero-order chi connectivity index (χ0) is 15.8. The standard InChI is InChI=1S/C14H19ClN2O4/c1-2-3-10(18)7-16-8-13(19)17-12-6-9(14(20)21)4-5-11(12)15/h4-6,10,16,18H,2-3,7-8H2,1H3,(H,17,19)(H,20,21). The molecule has 0 aliphatic carbocycles. The van der Waals surface area contributed by atoms with Gasteiger partial charge in [0.15, 0.2) is 0 Å². The zero-order valence-electron chi connectivity index (χ0n) is 11.7. The van der Waals surface area contributed by atoms with E-state index in [9.17, 15) is 14.7 Å².